The molecule has 1 atom stereocenters. The molecule has 0 heterocycles. The van der Waals surface area contributed by atoms with E-state index in [1.807, 2.05) is 0 Å². The topological polar surface area (TPSA) is 64.1 Å². The Morgan fingerprint density at radius 3 is 2.55 bits per heavy atom. The van der Waals surface area contributed by atoms with Crippen LogP contribution in [0.1, 0.15) is 26.2 Å². The highest BCUT2D eigenvalue weighted by Gasteiger charge is 2.01. The van der Waals surface area contributed by atoms with Gasteiger partial charge in [0.1, 0.15) is 0 Å². The summed E-state index contributed by atoms with van der Waals surface area (Å²) in [4.78, 5) is 0. The minimum atomic E-state index is 0.492. The molecule has 11 heavy (non-hydrogen) atoms. The fourth-order valence-electron chi connectivity index (χ4n) is 1.06. The summed E-state index contributed by atoms with van der Waals surface area (Å²) in [5.74, 6) is 0. The highest BCUT2D eigenvalue weighted by Crippen LogP contribution is 1.93. The lowest BCUT2D eigenvalue weighted by atomic mass is 10.1. The second kappa shape index (κ2) is 7.98. The van der Waals surface area contributed by atoms with Crippen LogP contribution in [0.15, 0.2) is 0 Å². The lowest BCUT2D eigenvalue weighted by molar-refractivity contribution is 0.479. The van der Waals surface area contributed by atoms with Crippen LogP contribution in [0.5, 0.6) is 0 Å². The lowest BCUT2D eigenvalue weighted by Crippen LogP contribution is -2.37. The molecule has 5 N–H and O–H groups in total. The van der Waals surface area contributed by atoms with Crippen LogP contribution in [-0.2, 0) is 0 Å². The first-order valence-electron chi connectivity index (χ1n) is 4.48. The van der Waals surface area contributed by atoms with Gasteiger partial charge in [0.25, 0.3) is 0 Å². The van der Waals surface area contributed by atoms with Gasteiger partial charge in [-0.15, -0.1) is 0 Å². The Balaban J connectivity index is 3.20. The van der Waals surface area contributed by atoms with Crippen LogP contribution >= 0.6 is 0 Å². The van der Waals surface area contributed by atoms with Gasteiger partial charge in [-0.1, -0.05) is 13.3 Å². The van der Waals surface area contributed by atoms with Crippen LogP contribution in [0, 0.1) is 0 Å². The fraction of sp³-hybridized carbons (Fsp3) is 1.00. The van der Waals surface area contributed by atoms with E-state index in [4.69, 9.17) is 11.5 Å². The summed E-state index contributed by atoms with van der Waals surface area (Å²) in [6.07, 6.45) is 3.40. The summed E-state index contributed by atoms with van der Waals surface area (Å²) in [6.45, 7) is 4.67. The van der Waals surface area contributed by atoms with E-state index in [0.29, 0.717) is 6.04 Å². The third kappa shape index (κ3) is 6.28. The highest BCUT2D eigenvalue weighted by molar-refractivity contribution is 4.66. The molecule has 0 aliphatic heterocycles. The van der Waals surface area contributed by atoms with Crippen molar-refractivity contribution in [1.82, 2.24) is 5.32 Å². The summed E-state index contributed by atoms with van der Waals surface area (Å²) < 4.78 is 0. The number of hydrogen-bond acceptors (Lipinski definition) is 3. The van der Waals surface area contributed by atoms with Gasteiger partial charge in [0.2, 0.25) is 0 Å². The van der Waals surface area contributed by atoms with Crippen LogP contribution in [0.3, 0.4) is 0 Å². The van der Waals surface area contributed by atoms with Crippen LogP contribution in [0.4, 0.5) is 0 Å². The van der Waals surface area contributed by atoms with E-state index in [1.165, 1.54) is 12.8 Å². The second-order valence-corrected chi connectivity index (χ2v) is 2.82. The van der Waals surface area contributed by atoms with Crippen molar-refractivity contribution in [3.63, 3.8) is 0 Å². The molecular formula is C8H21N3. The van der Waals surface area contributed by atoms with Gasteiger partial charge in [-0.3, -0.25) is 0 Å². The van der Waals surface area contributed by atoms with E-state index in [2.05, 4.69) is 12.2 Å². The highest BCUT2D eigenvalue weighted by atomic mass is 14.9. The van der Waals surface area contributed by atoms with Gasteiger partial charge in [-0.25, -0.2) is 0 Å². The Kier molecular flexibility index (Phi) is 7.89. The third-order valence-corrected chi connectivity index (χ3v) is 1.74. The van der Waals surface area contributed by atoms with Gasteiger partial charge in [-0.2, -0.15) is 0 Å². The molecule has 0 saturated carbocycles. The number of hydrogen-bond donors (Lipinski definition) is 3. The first kappa shape index (κ1) is 10.9. The number of nitrogens with one attached hydrogen (secondary N) is 1. The van der Waals surface area contributed by atoms with Crippen LogP contribution in [0.25, 0.3) is 0 Å². The first-order chi connectivity index (χ1) is 5.35. The third-order valence-electron chi connectivity index (χ3n) is 1.74. The maximum absolute atomic E-state index is 5.55. The van der Waals surface area contributed by atoms with Crippen molar-refractivity contribution in [2.45, 2.75) is 32.2 Å². The van der Waals surface area contributed by atoms with Crippen molar-refractivity contribution in [3.8, 4) is 0 Å². The fourth-order valence-corrected chi connectivity index (χ4v) is 1.06. The van der Waals surface area contributed by atoms with E-state index < -0.39 is 0 Å². The molecule has 0 fully saturated rings. The van der Waals surface area contributed by atoms with Crippen LogP contribution < -0.4 is 16.8 Å². The molecule has 68 valence electrons. The molecule has 0 aromatic carbocycles. The quantitative estimate of drug-likeness (QED) is 0.460. The minimum Gasteiger partial charge on any atom is -0.330 e. The van der Waals surface area contributed by atoms with Crippen LogP contribution in [0.2, 0.25) is 0 Å². The summed E-state index contributed by atoms with van der Waals surface area (Å²) in [6, 6.07) is 0.492. The monoisotopic (exact) mass is 159 g/mol. The summed E-state index contributed by atoms with van der Waals surface area (Å²) in [5.41, 5.74) is 10.9. The van der Waals surface area contributed by atoms with E-state index in [0.717, 1.165) is 26.1 Å². The number of nitrogens with two attached hydrogens (primary N) is 2. The molecule has 0 bridgehead atoms. The van der Waals surface area contributed by atoms with Crippen molar-refractivity contribution in [2.75, 3.05) is 19.6 Å². The van der Waals surface area contributed by atoms with Gasteiger partial charge in [0.05, 0.1) is 0 Å². The molecule has 0 aliphatic carbocycles. The van der Waals surface area contributed by atoms with E-state index >= 15 is 0 Å². The molecule has 1 unspecified atom stereocenters. The molecule has 0 saturated heterocycles. The molecule has 0 aromatic heterocycles. The Morgan fingerprint density at radius 1 is 1.36 bits per heavy atom. The Hall–Kier alpha value is -0.120. The van der Waals surface area contributed by atoms with Crippen LogP contribution in [-0.4, -0.2) is 25.7 Å². The summed E-state index contributed by atoms with van der Waals surface area (Å²) in [7, 11) is 0. The van der Waals surface area contributed by atoms with Crippen molar-refractivity contribution in [2.24, 2.45) is 11.5 Å². The molecule has 0 amide bonds. The molecular weight excluding hydrogens is 138 g/mol. The molecule has 0 aliphatic rings. The van der Waals surface area contributed by atoms with Crippen molar-refractivity contribution in [1.29, 1.82) is 0 Å². The predicted molar refractivity (Wildman–Crippen MR) is 49.4 cm³/mol. The van der Waals surface area contributed by atoms with Gasteiger partial charge in [0, 0.05) is 12.6 Å². The maximum Gasteiger partial charge on any atom is 0.0190 e. The standard InChI is InChI=1S/C8H21N3/c1-2-4-8(7-10)11-6-3-5-9/h8,11H,2-7,9-10H2,1H3. The van der Waals surface area contributed by atoms with Crippen molar-refractivity contribution >= 4 is 0 Å². The summed E-state index contributed by atoms with van der Waals surface area (Å²) in [5, 5.41) is 3.37. The predicted octanol–water partition coefficient (Wildman–Crippen LogP) is 0.0522. The summed E-state index contributed by atoms with van der Waals surface area (Å²) >= 11 is 0. The van der Waals surface area contributed by atoms with E-state index in [9.17, 15) is 0 Å². The SMILES string of the molecule is CCCC(CN)NCCCN. The van der Waals surface area contributed by atoms with Crippen molar-refractivity contribution < 1.29 is 0 Å². The molecule has 3 nitrogen and oxygen atoms in total. The molecule has 3 heteroatoms. The van der Waals surface area contributed by atoms with E-state index in [1.54, 1.807) is 0 Å². The Labute approximate surface area is 69.5 Å². The molecule has 0 radical (unpaired) electrons. The molecule has 0 spiro atoms. The van der Waals surface area contributed by atoms with Gasteiger partial charge < -0.3 is 16.8 Å². The zero-order valence-electron chi connectivity index (χ0n) is 7.47. The molecule has 0 rings (SSSR count). The zero-order chi connectivity index (χ0) is 8.53. The zero-order valence-corrected chi connectivity index (χ0v) is 7.47. The normalized spacial score (nSPS) is 13.4. The second-order valence-electron chi connectivity index (χ2n) is 2.82. The lowest BCUT2D eigenvalue weighted by Gasteiger charge is -2.14. The smallest absolute Gasteiger partial charge is 0.0190 e. The average molecular weight is 159 g/mol. The largest absolute Gasteiger partial charge is 0.330 e. The van der Waals surface area contributed by atoms with Crippen molar-refractivity contribution in [3.05, 3.63) is 0 Å². The van der Waals surface area contributed by atoms with Gasteiger partial charge in [-0.05, 0) is 25.9 Å². The first-order valence-corrected chi connectivity index (χ1v) is 4.48. The van der Waals surface area contributed by atoms with Gasteiger partial charge >= 0.3 is 0 Å². The molecule has 0 aromatic rings. The average Bonchev–Trinajstić information content (AvgIpc) is 2.03. The van der Waals surface area contributed by atoms with E-state index in [-0.39, 0.29) is 0 Å². The van der Waals surface area contributed by atoms with Gasteiger partial charge in [0.15, 0.2) is 0 Å². The Bertz CT molecular complexity index is 75.7. The number of rotatable bonds is 7. The minimum absolute atomic E-state index is 0.492. The maximum atomic E-state index is 5.55. The Morgan fingerprint density at radius 2 is 2.09 bits per heavy atom.